The van der Waals surface area contributed by atoms with E-state index in [1.54, 1.807) is 0 Å². The molecule has 0 amide bonds. The molecule has 3 aromatic rings. The molecule has 2 aliphatic rings. The van der Waals surface area contributed by atoms with Gasteiger partial charge in [-0.1, -0.05) is 94.8 Å². The fourth-order valence-electron chi connectivity index (χ4n) is 7.41. The number of hydrogen-bond donors (Lipinski definition) is 1. The van der Waals surface area contributed by atoms with Crippen molar-refractivity contribution in [1.29, 1.82) is 0 Å². The molecule has 3 aromatic carbocycles. The van der Waals surface area contributed by atoms with Gasteiger partial charge in [0.15, 0.2) is 0 Å². The van der Waals surface area contributed by atoms with Gasteiger partial charge in [-0.25, -0.2) is 4.79 Å². The Morgan fingerprint density at radius 2 is 1.25 bits per heavy atom. The van der Waals surface area contributed by atoms with E-state index in [0.29, 0.717) is 35.0 Å². The smallest absolute Gasteiger partial charge is 0.343 e. The average molecular weight is 539 g/mol. The summed E-state index contributed by atoms with van der Waals surface area (Å²) >= 11 is 0. The first-order valence-electron chi connectivity index (χ1n) is 15.8. The quantitative estimate of drug-likeness (QED) is 0.218. The van der Waals surface area contributed by atoms with Crippen molar-refractivity contribution in [1.82, 2.24) is 0 Å². The molecule has 40 heavy (non-hydrogen) atoms. The fourth-order valence-corrected chi connectivity index (χ4v) is 7.41. The Balaban J connectivity index is 1.47. The summed E-state index contributed by atoms with van der Waals surface area (Å²) < 4.78 is 6.05. The summed E-state index contributed by atoms with van der Waals surface area (Å²) in [6.07, 6.45) is 14.3. The number of carbonyl (C=O) groups is 1. The second-order valence-corrected chi connectivity index (χ2v) is 12.1. The molecule has 0 aromatic heterocycles. The van der Waals surface area contributed by atoms with E-state index in [9.17, 15) is 9.90 Å². The number of carbonyl (C=O) groups excluding carboxylic acids is 1. The van der Waals surface area contributed by atoms with Gasteiger partial charge in [-0.15, -0.1) is 0 Å². The lowest BCUT2D eigenvalue weighted by Crippen LogP contribution is -2.15. The predicted octanol–water partition coefficient (Wildman–Crippen LogP) is 10.4. The van der Waals surface area contributed by atoms with Gasteiger partial charge in [0.25, 0.3) is 0 Å². The Hall–Kier alpha value is -3.07. The zero-order valence-electron chi connectivity index (χ0n) is 24.4. The van der Waals surface area contributed by atoms with E-state index in [1.807, 2.05) is 36.4 Å². The summed E-state index contributed by atoms with van der Waals surface area (Å²) in [5, 5.41) is 10.8. The number of phenols is 1. The maximum Gasteiger partial charge on any atom is 0.343 e. The minimum absolute atomic E-state index is 0.289. The minimum Gasteiger partial charge on any atom is -0.508 e. The number of hydrogen-bond acceptors (Lipinski definition) is 3. The molecule has 2 aliphatic carbocycles. The largest absolute Gasteiger partial charge is 0.508 e. The van der Waals surface area contributed by atoms with E-state index in [2.05, 4.69) is 44.2 Å². The van der Waals surface area contributed by atoms with Gasteiger partial charge in [-0.3, -0.25) is 0 Å². The summed E-state index contributed by atoms with van der Waals surface area (Å²) in [4.78, 5) is 13.0. The first-order chi connectivity index (χ1) is 19.6. The third kappa shape index (κ3) is 6.45. The van der Waals surface area contributed by atoms with Crippen LogP contribution < -0.4 is 4.74 Å². The van der Waals surface area contributed by atoms with E-state index in [0.717, 1.165) is 37.0 Å². The van der Waals surface area contributed by atoms with Crippen LogP contribution in [0.2, 0.25) is 0 Å². The first-order valence-corrected chi connectivity index (χ1v) is 15.8. The van der Waals surface area contributed by atoms with Crippen LogP contribution in [0.1, 0.15) is 147 Å². The van der Waals surface area contributed by atoms with E-state index in [4.69, 9.17) is 4.74 Å². The standard InChI is InChI=1S/C37H46O3/c1-3-31(29-20-22-35(38)33(24-29)26-14-8-5-9-15-26)32(4-2)30-21-23-36(34(25-30)27-16-10-6-11-17-27)40-37(39)28-18-12-7-13-19-28/h7,12-13,18-27,31-32,38H,3-6,8-11,14-17H2,1-2H3. The van der Waals surface area contributed by atoms with Crippen LogP contribution in [0.5, 0.6) is 11.5 Å². The van der Waals surface area contributed by atoms with Gasteiger partial charge >= 0.3 is 5.97 Å². The van der Waals surface area contributed by atoms with Crippen LogP contribution in [0.25, 0.3) is 0 Å². The molecule has 0 heterocycles. The normalized spacial score (nSPS) is 18.2. The minimum atomic E-state index is -0.289. The average Bonchev–Trinajstić information content (AvgIpc) is 3.02. The predicted molar refractivity (Wildman–Crippen MR) is 164 cm³/mol. The molecule has 212 valence electrons. The zero-order valence-corrected chi connectivity index (χ0v) is 24.4. The highest BCUT2D eigenvalue weighted by Gasteiger charge is 2.28. The lowest BCUT2D eigenvalue weighted by molar-refractivity contribution is 0.0732. The van der Waals surface area contributed by atoms with Crippen LogP contribution in [-0.4, -0.2) is 11.1 Å². The van der Waals surface area contributed by atoms with Crippen molar-refractivity contribution in [2.45, 2.75) is 115 Å². The van der Waals surface area contributed by atoms with Crippen molar-refractivity contribution in [2.24, 2.45) is 0 Å². The lowest BCUT2D eigenvalue weighted by atomic mass is 9.75. The molecular formula is C37H46O3. The number of esters is 1. The highest BCUT2D eigenvalue weighted by atomic mass is 16.5. The van der Waals surface area contributed by atoms with Gasteiger partial charge in [0, 0.05) is 0 Å². The van der Waals surface area contributed by atoms with Gasteiger partial charge < -0.3 is 9.84 Å². The number of ether oxygens (including phenoxy) is 1. The molecule has 2 unspecified atom stereocenters. The second-order valence-electron chi connectivity index (χ2n) is 12.1. The van der Waals surface area contributed by atoms with E-state index in [1.165, 1.54) is 68.1 Å². The Bertz CT molecular complexity index is 1250. The molecule has 0 bridgehead atoms. The van der Waals surface area contributed by atoms with Gasteiger partial charge in [0.05, 0.1) is 5.56 Å². The molecule has 3 heteroatoms. The second kappa shape index (κ2) is 13.5. The molecule has 0 aliphatic heterocycles. The van der Waals surface area contributed by atoms with Crippen molar-refractivity contribution in [3.63, 3.8) is 0 Å². The number of rotatable bonds is 9. The summed E-state index contributed by atoms with van der Waals surface area (Å²) in [6.45, 7) is 4.58. The third-order valence-corrected chi connectivity index (χ3v) is 9.61. The summed E-state index contributed by atoms with van der Waals surface area (Å²) in [7, 11) is 0. The topological polar surface area (TPSA) is 46.5 Å². The third-order valence-electron chi connectivity index (χ3n) is 9.61. The highest BCUT2D eigenvalue weighted by molar-refractivity contribution is 5.91. The Labute approximate surface area is 241 Å². The van der Waals surface area contributed by atoms with Gasteiger partial charge in [0.1, 0.15) is 11.5 Å². The van der Waals surface area contributed by atoms with Crippen LogP contribution in [0.3, 0.4) is 0 Å². The molecular weight excluding hydrogens is 492 g/mol. The van der Waals surface area contributed by atoms with Crippen LogP contribution in [-0.2, 0) is 0 Å². The summed E-state index contributed by atoms with van der Waals surface area (Å²) in [5.74, 6) is 2.52. The van der Waals surface area contributed by atoms with Crippen LogP contribution >= 0.6 is 0 Å². The Morgan fingerprint density at radius 1 is 0.725 bits per heavy atom. The molecule has 1 N–H and O–H groups in total. The van der Waals surface area contributed by atoms with Crippen molar-refractivity contribution in [3.8, 4) is 11.5 Å². The van der Waals surface area contributed by atoms with Gasteiger partial charge in [-0.2, -0.15) is 0 Å². The van der Waals surface area contributed by atoms with Crippen molar-refractivity contribution in [3.05, 3.63) is 94.5 Å². The van der Waals surface area contributed by atoms with Crippen molar-refractivity contribution >= 4 is 5.97 Å². The molecule has 0 radical (unpaired) electrons. The Kier molecular flexibility index (Phi) is 9.62. The molecule has 5 rings (SSSR count). The SMILES string of the molecule is CCC(c1ccc(O)c(C2CCCCC2)c1)C(CC)c1ccc(OC(=O)c2ccccc2)c(C2CCCCC2)c1. The molecule has 2 fully saturated rings. The zero-order chi connectivity index (χ0) is 27.9. The highest BCUT2D eigenvalue weighted by Crippen LogP contribution is 2.45. The number of benzene rings is 3. The number of aromatic hydroxyl groups is 1. The number of phenolic OH excluding ortho intramolecular Hbond substituents is 1. The molecule has 2 saturated carbocycles. The van der Waals surface area contributed by atoms with Crippen LogP contribution in [0, 0.1) is 0 Å². The van der Waals surface area contributed by atoms with Crippen LogP contribution in [0.4, 0.5) is 0 Å². The van der Waals surface area contributed by atoms with Crippen molar-refractivity contribution < 1.29 is 14.6 Å². The van der Waals surface area contributed by atoms with E-state index >= 15 is 0 Å². The van der Waals surface area contributed by atoms with Crippen molar-refractivity contribution in [2.75, 3.05) is 0 Å². The summed E-state index contributed by atoms with van der Waals surface area (Å²) in [6, 6.07) is 22.3. The molecule has 0 spiro atoms. The van der Waals surface area contributed by atoms with E-state index in [-0.39, 0.29) is 5.97 Å². The lowest BCUT2D eigenvalue weighted by Gasteiger charge is -2.30. The first kappa shape index (κ1) is 28.5. The van der Waals surface area contributed by atoms with Crippen LogP contribution in [0.15, 0.2) is 66.7 Å². The monoisotopic (exact) mass is 538 g/mol. The Morgan fingerprint density at radius 3 is 1.82 bits per heavy atom. The summed E-state index contributed by atoms with van der Waals surface area (Å²) in [5.41, 5.74) is 5.60. The fraction of sp³-hybridized carbons (Fsp3) is 0.486. The van der Waals surface area contributed by atoms with Gasteiger partial charge in [-0.05, 0) is 109 Å². The van der Waals surface area contributed by atoms with Gasteiger partial charge in [0.2, 0.25) is 0 Å². The van der Waals surface area contributed by atoms with E-state index < -0.39 is 0 Å². The maximum absolute atomic E-state index is 13.0. The maximum atomic E-state index is 13.0. The molecule has 3 nitrogen and oxygen atoms in total. The molecule has 2 atom stereocenters. The molecule has 0 saturated heterocycles.